The van der Waals surface area contributed by atoms with Gasteiger partial charge < -0.3 is 9.64 Å². The Bertz CT molecular complexity index is 673. The highest BCUT2D eigenvalue weighted by molar-refractivity contribution is 6.29. The molecule has 1 aromatic heterocycles. The summed E-state index contributed by atoms with van der Waals surface area (Å²) >= 11 is 5.85. The van der Waals surface area contributed by atoms with E-state index in [1.165, 1.54) is 0 Å². The molecule has 2 aromatic rings. The van der Waals surface area contributed by atoms with Crippen molar-refractivity contribution in [2.75, 3.05) is 13.7 Å². The number of methoxy groups -OCH3 is 1. The molecular formula is C17H17ClN2O2. The molecule has 0 bridgehead atoms. The van der Waals surface area contributed by atoms with E-state index < -0.39 is 0 Å². The number of aromatic nitrogens is 1. The SMILES string of the molecule is C=CCN(Cc1cccc(OC)c1)C(=O)c1cccc(Cl)n1. The first kappa shape index (κ1) is 16.0. The number of carbonyl (C=O) groups excluding carboxylic acids is 1. The van der Waals surface area contributed by atoms with E-state index in [2.05, 4.69) is 11.6 Å². The molecular weight excluding hydrogens is 300 g/mol. The van der Waals surface area contributed by atoms with E-state index in [9.17, 15) is 4.79 Å². The Morgan fingerprint density at radius 3 is 2.82 bits per heavy atom. The Labute approximate surface area is 135 Å². The highest BCUT2D eigenvalue weighted by Crippen LogP contribution is 2.16. The number of benzene rings is 1. The van der Waals surface area contributed by atoms with Crippen molar-refractivity contribution in [1.29, 1.82) is 0 Å². The Hall–Kier alpha value is -2.33. The second kappa shape index (κ2) is 7.61. The van der Waals surface area contributed by atoms with Crippen LogP contribution >= 0.6 is 11.6 Å². The van der Waals surface area contributed by atoms with Crippen LogP contribution in [0.1, 0.15) is 16.1 Å². The van der Waals surface area contributed by atoms with E-state index in [1.807, 2.05) is 24.3 Å². The van der Waals surface area contributed by atoms with E-state index >= 15 is 0 Å². The zero-order valence-corrected chi connectivity index (χ0v) is 13.1. The number of hydrogen-bond donors (Lipinski definition) is 0. The van der Waals surface area contributed by atoms with Gasteiger partial charge in [-0.2, -0.15) is 0 Å². The summed E-state index contributed by atoms with van der Waals surface area (Å²) in [5, 5.41) is 0.297. The number of ether oxygens (including phenoxy) is 1. The van der Waals surface area contributed by atoms with Gasteiger partial charge in [-0.25, -0.2) is 4.98 Å². The number of halogens is 1. The number of carbonyl (C=O) groups is 1. The summed E-state index contributed by atoms with van der Waals surface area (Å²) in [7, 11) is 1.61. The first-order valence-corrected chi connectivity index (χ1v) is 7.17. The average molecular weight is 317 g/mol. The van der Waals surface area contributed by atoms with Crippen LogP contribution in [0.25, 0.3) is 0 Å². The van der Waals surface area contributed by atoms with Crippen LogP contribution < -0.4 is 4.74 Å². The van der Waals surface area contributed by atoms with E-state index in [-0.39, 0.29) is 5.91 Å². The summed E-state index contributed by atoms with van der Waals surface area (Å²) < 4.78 is 5.20. The van der Waals surface area contributed by atoms with Crippen LogP contribution in [0, 0.1) is 0 Å². The third-order valence-electron chi connectivity index (χ3n) is 3.08. The van der Waals surface area contributed by atoms with Crippen LogP contribution in [-0.2, 0) is 6.54 Å². The molecule has 0 N–H and O–H groups in total. The standard InChI is InChI=1S/C17H17ClN2O2/c1-3-10-20(12-13-6-4-7-14(11-13)22-2)17(21)15-8-5-9-16(18)19-15/h3-9,11H,1,10,12H2,2H3. The van der Waals surface area contributed by atoms with E-state index in [1.54, 1.807) is 36.3 Å². The molecule has 5 heteroatoms. The van der Waals surface area contributed by atoms with Crippen molar-refractivity contribution in [3.8, 4) is 5.75 Å². The minimum Gasteiger partial charge on any atom is -0.497 e. The second-order valence-electron chi connectivity index (χ2n) is 4.67. The van der Waals surface area contributed by atoms with E-state index in [4.69, 9.17) is 16.3 Å². The molecule has 0 aliphatic rings. The molecule has 0 radical (unpaired) electrons. The summed E-state index contributed by atoms with van der Waals surface area (Å²) in [6, 6.07) is 12.6. The summed E-state index contributed by atoms with van der Waals surface area (Å²) in [6.45, 7) is 4.57. The highest BCUT2D eigenvalue weighted by Gasteiger charge is 2.16. The van der Waals surface area contributed by atoms with Crippen molar-refractivity contribution in [1.82, 2.24) is 9.88 Å². The number of rotatable bonds is 6. The number of hydrogen-bond acceptors (Lipinski definition) is 3. The van der Waals surface area contributed by atoms with Crippen molar-refractivity contribution in [2.45, 2.75) is 6.54 Å². The number of pyridine rings is 1. The lowest BCUT2D eigenvalue weighted by Crippen LogP contribution is -2.31. The van der Waals surface area contributed by atoms with Crippen LogP contribution in [0.15, 0.2) is 55.1 Å². The molecule has 1 heterocycles. The largest absolute Gasteiger partial charge is 0.497 e. The van der Waals surface area contributed by atoms with Crippen LogP contribution in [0.5, 0.6) is 5.75 Å². The Morgan fingerprint density at radius 1 is 1.36 bits per heavy atom. The molecule has 0 atom stereocenters. The van der Waals surface area contributed by atoms with Gasteiger partial charge in [-0.05, 0) is 29.8 Å². The minimum absolute atomic E-state index is 0.190. The van der Waals surface area contributed by atoms with Gasteiger partial charge in [0.1, 0.15) is 16.6 Å². The predicted octanol–water partition coefficient (Wildman–Crippen LogP) is 3.57. The summed E-state index contributed by atoms with van der Waals surface area (Å²) in [5.41, 5.74) is 1.29. The van der Waals surface area contributed by atoms with Crippen LogP contribution in [0.4, 0.5) is 0 Å². The van der Waals surface area contributed by atoms with E-state index in [0.29, 0.717) is 23.9 Å². The zero-order chi connectivity index (χ0) is 15.9. The van der Waals surface area contributed by atoms with Gasteiger partial charge in [0, 0.05) is 13.1 Å². The molecule has 2 rings (SSSR count). The minimum atomic E-state index is -0.190. The van der Waals surface area contributed by atoms with Crippen molar-refractivity contribution in [3.63, 3.8) is 0 Å². The smallest absolute Gasteiger partial charge is 0.273 e. The number of amides is 1. The fraction of sp³-hybridized carbons (Fsp3) is 0.176. The Morgan fingerprint density at radius 2 is 2.14 bits per heavy atom. The normalized spacial score (nSPS) is 10.1. The van der Waals surface area contributed by atoms with Gasteiger partial charge in [0.05, 0.1) is 7.11 Å². The molecule has 0 saturated carbocycles. The molecule has 4 nitrogen and oxygen atoms in total. The van der Waals surface area contributed by atoms with Gasteiger partial charge in [-0.1, -0.05) is 35.9 Å². The lowest BCUT2D eigenvalue weighted by molar-refractivity contribution is 0.0756. The maximum absolute atomic E-state index is 12.6. The van der Waals surface area contributed by atoms with Crippen LogP contribution in [0.2, 0.25) is 5.15 Å². The molecule has 0 unspecified atom stereocenters. The maximum atomic E-state index is 12.6. The average Bonchev–Trinajstić information content (AvgIpc) is 2.54. The second-order valence-corrected chi connectivity index (χ2v) is 5.06. The molecule has 22 heavy (non-hydrogen) atoms. The van der Waals surface area contributed by atoms with Crippen LogP contribution in [-0.4, -0.2) is 29.4 Å². The molecule has 0 aliphatic heterocycles. The summed E-state index contributed by atoms with van der Waals surface area (Å²) in [5.74, 6) is 0.564. The van der Waals surface area contributed by atoms with Crippen LogP contribution in [0.3, 0.4) is 0 Å². The lowest BCUT2D eigenvalue weighted by Gasteiger charge is -2.21. The topological polar surface area (TPSA) is 42.4 Å². The quantitative estimate of drug-likeness (QED) is 0.604. The predicted molar refractivity (Wildman–Crippen MR) is 87.2 cm³/mol. The molecule has 114 valence electrons. The molecule has 0 saturated heterocycles. The lowest BCUT2D eigenvalue weighted by atomic mass is 10.2. The summed E-state index contributed by atoms with van der Waals surface area (Å²) in [4.78, 5) is 18.3. The summed E-state index contributed by atoms with van der Waals surface area (Å²) in [6.07, 6.45) is 1.68. The van der Waals surface area contributed by atoms with Gasteiger partial charge in [0.2, 0.25) is 0 Å². The van der Waals surface area contributed by atoms with Gasteiger partial charge in [-0.3, -0.25) is 4.79 Å². The fourth-order valence-corrected chi connectivity index (χ4v) is 2.22. The Kier molecular flexibility index (Phi) is 5.55. The number of nitrogens with zero attached hydrogens (tertiary/aromatic N) is 2. The third kappa shape index (κ3) is 4.09. The maximum Gasteiger partial charge on any atom is 0.273 e. The van der Waals surface area contributed by atoms with Crippen molar-refractivity contribution in [3.05, 3.63) is 71.5 Å². The van der Waals surface area contributed by atoms with E-state index in [0.717, 1.165) is 11.3 Å². The first-order valence-electron chi connectivity index (χ1n) is 6.79. The zero-order valence-electron chi connectivity index (χ0n) is 12.3. The third-order valence-corrected chi connectivity index (χ3v) is 3.29. The fourth-order valence-electron chi connectivity index (χ4n) is 2.06. The van der Waals surface area contributed by atoms with Crippen molar-refractivity contribution >= 4 is 17.5 Å². The molecule has 0 aliphatic carbocycles. The van der Waals surface area contributed by atoms with Gasteiger partial charge in [0.15, 0.2) is 0 Å². The molecule has 1 aromatic carbocycles. The molecule has 0 fully saturated rings. The molecule has 1 amide bonds. The first-order chi connectivity index (χ1) is 10.6. The van der Waals surface area contributed by atoms with Gasteiger partial charge in [-0.15, -0.1) is 6.58 Å². The highest BCUT2D eigenvalue weighted by atomic mass is 35.5. The Balaban J connectivity index is 2.21. The molecule has 0 spiro atoms. The van der Waals surface area contributed by atoms with Gasteiger partial charge in [0.25, 0.3) is 5.91 Å². The monoisotopic (exact) mass is 316 g/mol. The van der Waals surface area contributed by atoms with Crippen molar-refractivity contribution < 1.29 is 9.53 Å². The van der Waals surface area contributed by atoms with Crippen molar-refractivity contribution in [2.24, 2.45) is 0 Å². The van der Waals surface area contributed by atoms with Gasteiger partial charge >= 0.3 is 0 Å².